The quantitative estimate of drug-likeness (QED) is 0.764. The van der Waals surface area contributed by atoms with Gasteiger partial charge in [-0.2, -0.15) is 5.10 Å². The first-order valence-corrected chi connectivity index (χ1v) is 9.68. The van der Waals surface area contributed by atoms with Crippen molar-refractivity contribution in [3.05, 3.63) is 52.9 Å². The lowest BCUT2D eigenvalue weighted by atomic mass is 9.91. The molecule has 1 amide bonds. The van der Waals surface area contributed by atoms with E-state index in [2.05, 4.69) is 26.6 Å². The van der Waals surface area contributed by atoms with E-state index in [9.17, 15) is 4.79 Å². The Balaban J connectivity index is 1.34. The smallest absolute Gasteiger partial charge is 0.261 e. The fourth-order valence-electron chi connectivity index (χ4n) is 3.43. The van der Waals surface area contributed by atoms with Crippen molar-refractivity contribution >= 4 is 17.2 Å². The predicted molar refractivity (Wildman–Crippen MR) is 101 cm³/mol. The van der Waals surface area contributed by atoms with Crippen LogP contribution >= 0.6 is 11.3 Å². The number of aryl methyl sites for hydroxylation is 1. The minimum Gasteiger partial charge on any atom is -0.349 e. The summed E-state index contributed by atoms with van der Waals surface area (Å²) in [6.07, 6.45) is 11.2. The van der Waals surface area contributed by atoms with Gasteiger partial charge in [0.1, 0.15) is 6.33 Å². The summed E-state index contributed by atoms with van der Waals surface area (Å²) in [4.78, 5) is 22.5. The fourth-order valence-corrected chi connectivity index (χ4v) is 4.20. The molecular formula is C19H21N5OS. The highest BCUT2D eigenvalue weighted by Gasteiger charge is 2.24. The van der Waals surface area contributed by atoms with Gasteiger partial charge >= 0.3 is 0 Å². The predicted octanol–water partition coefficient (Wildman–Crippen LogP) is 3.62. The van der Waals surface area contributed by atoms with Gasteiger partial charge in [-0.15, -0.1) is 11.3 Å². The monoisotopic (exact) mass is 367 g/mol. The van der Waals surface area contributed by atoms with Gasteiger partial charge < -0.3 is 5.32 Å². The van der Waals surface area contributed by atoms with Gasteiger partial charge in [0, 0.05) is 28.9 Å². The molecule has 1 saturated carbocycles. The van der Waals surface area contributed by atoms with Crippen molar-refractivity contribution in [2.75, 3.05) is 0 Å². The van der Waals surface area contributed by atoms with E-state index in [1.54, 1.807) is 23.9 Å². The van der Waals surface area contributed by atoms with Gasteiger partial charge in [0.2, 0.25) is 0 Å². The summed E-state index contributed by atoms with van der Waals surface area (Å²) in [6.45, 7) is 2.02. The topological polar surface area (TPSA) is 72.7 Å². The molecule has 0 bridgehead atoms. The maximum absolute atomic E-state index is 12.3. The number of thiophene rings is 1. The number of amides is 1. The second-order valence-corrected chi connectivity index (χ2v) is 7.98. The Kier molecular flexibility index (Phi) is 4.79. The van der Waals surface area contributed by atoms with Gasteiger partial charge in [-0.25, -0.2) is 9.97 Å². The average molecular weight is 367 g/mol. The Morgan fingerprint density at radius 3 is 2.77 bits per heavy atom. The van der Waals surface area contributed by atoms with Crippen molar-refractivity contribution < 1.29 is 4.79 Å². The number of hydrogen-bond acceptors (Lipinski definition) is 5. The molecule has 0 aromatic carbocycles. The molecule has 0 radical (unpaired) electrons. The highest BCUT2D eigenvalue weighted by Crippen LogP contribution is 2.29. The molecular weight excluding hydrogens is 346 g/mol. The highest BCUT2D eigenvalue weighted by molar-refractivity contribution is 7.13. The van der Waals surface area contributed by atoms with Crippen LogP contribution in [-0.2, 0) is 0 Å². The zero-order valence-electron chi connectivity index (χ0n) is 14.6. The molecule has 0 saturated heterocycles. The molecule has 134 valence electrons. The summed E-state index contributed by atoms with van der Waals surface area (Å²) in [5.74, 6) is 0.0525. The molecule has 0 spiro atoms. The average Bonchev–Trinajstić information content (AvgIpc) is 3.32. The van der Waals surface area contributed by atoms with E-state index in [1.165, 1.54) is 0 Å². The maximum atomic E-state index is 12.3. The molecule has 3 aromatic rings. The molecule has 3 heterocycles. The highest BCUT2D eigenvalue weighted by atomic mass is 32.1. The first kappa shape index (κ1) is 16.9. The minimum absolute atomic E-state index is 0.0525. The van der Waals surface area contributed by atoms with E-state index >= 15 is 0 Å². The summed E-state index contributed by atoms with van der Waals surface area (Å²) >= 11 is 1.55. The molecule has 1 aliphatic rings. The van der Waals surface area contributed by atoms with Crippen molar-refractivity contribution in [3.8, 4) is 11.3 Å². The zero-order chi connectivity index (χ0) is 17.9. The number of nitrogens with one attached hydrogen (secondary N) is 1. The van der Waals surface area contributed by atoms with Crippen molar-refractivity contribution in [2.45, 2.75) is 44.7 Å². The number of aromatic nitrogens is 4. The third-order valence-electron chi connectivity index (χ3n) is 4.85. The second-order valence-electron chi connectivity index (χ2n) is 6.69. The summed E-state index contributed by atoms with van der Waals surface area (Å²) in [7, 11) is 0. The molecule has 4 rings (SSSR count). The lowest BCUT2D eigenvalue weighted by Gasteiger charge is -2.29. The summed E-state index contributed by atoms with van der Waals surface area (Å²) < 4.78 is 2.04. The Hall–Kier alpha value is -2.54. The third kappa shape index (κ3) is 3.67. The van der Waals surface area contributed by atoms with Crippen molar-refractivity contribution in [2.24, 2.45) is 0 Å². The number of carbonyl (C=O) groups excluding carboxylic acids is 1. The molecule has 1 N–H and O–H groups in total. The molecule has 0 atom stereocenters. The molecule has 26 heavy (non-hydrogen) atoms. The van der Waals surface area contributed by atoms with E-state index in [0.717, 1.165) is 46.7 Å². The summed E-state index contributed by atoms with van der Waals surface area (Å²) in [5, 5.41) is 7.70. The Labute approximate surface area is 156 Å². The van der Waals surface area contributed by atoms with Crippen LogP contribution in [0.2, 0.25) is 0 Å². The van der Waals surface area contributed by atoms with Crippen LogP contribution in [0.3, 0.4) is 0 Å². The van der Waals surface area contributed by atoms with E-state index < -0.39 is 0 Å². The molecule has 1 fully saturated rings. The van der Waals surface area contributed by atoms with Crippen LogP contribution in [0, 0.1) is 6.92 Å². The van der Waals surface area contributed by atoms with Crippen LogP contribution in [0.4, 0.5) is 0 Å². The van der Waals surface area contributed by atoms with Gasteiger partial charge in [-0.05, 0) is 50.8 Å². The SMILES string of the molecule is Cc1ccc(C(=O)NC2CCC(n3cc(-c4ccncn4)cn3)CC2)s1. The van der Waals surface area contributed by atoms with Crippen molar-refractivity contribution in [1.82, 2.24) is 25.1 Å². The standard InChI is InChI=1S/C19H21N5OS/c1-13-2-7-18(26-13)19(25)23-15-3-5-16(6-4-15)24-11-14(10-22-24)17-8-9-20-12-21-17/h2,7-12,15-16H,3-6H2,1H3,(H,23,25). The van der Waals surface area contributed by atoms with Gasteiger partial charge in [0.15, 0.2) is 0 Å². The fraction of sp³-hybridized carbons (Fsp3) is 0.368. The molecule has 6 nitrogen and oxygen atoms in total. The van der Waals surface area contributed by atoms with Gasteiger partial charge in [-0.1, -0.05) is 0 Å². The molecule has 1 aliphatic carbocycles. The number of hydrogen-bond donors (Lipinski definition) is 1. The summed E-state index contributed by atoms with van der Waals surface area (Å²) in [6, 6.07) is 6.41. The van der Waals surface area contributed by atoms with Gasteiger partial charge in [0.05, 0.1) is 22.8 Å². The van der Waals surface area contributed by atoms with Crippen molar-refractivity contribution in [1.29, 1.82) is 0 Å². The normalized spacial score (nSPS) is 20.0. The second kappa shape index (κ2) is 7.37. The number of nitrogens with zero attached hydrogens (tertiary/aromatic N) is 4. The van der Waals surface area contributed by atoms with E-state index in [0.29, 0.717) is 6.04 Å². The van der Waals surface area contributed by atoms with Crippen LogP contribution in [0.1, 0.15) is 46.3 Å². The van der Waals surface area contributed by atoms with Gasteiger partial charge in [0.25, 0.3) is 5.91 Å². The van der Waals surface area contributed by atoms with E-state index in [1.807, 2.05) is 36.0 Å². The van der Waals surface area contributed by atoms with Crippen LogP contribution in [0.15, 0.2) is 43.1 Å². The van der Waals surface area contributed by atoms with E-state index in [-0.39, 0.29) is 11.9 Å². The zero-order valence-corrected chi connectivity index (χ0v) is 15.4. The molecule has 7 heteroatoms. The lowest BCUT2D eigenvalue weighted by molar-refractivity contribution is 0.0926. The minimum atomic E-state index is 0.0525. The Morgan fingerprint density at radius 2 is 2.08 bits per heavy atom. The van der Waals surface area contributed by atoms with E-state index in [4.69, 9.17) is 0 Å². The first-order valence-electron chi connectivity index (χ1n) is 8.87. The van der Waals surface area contributed by atoms with Crippen LogP contribution in [0.5, 0.6) is 0 Å². The lowest BCUT2D eigenvalue weighted by Crippen LogP contribution is -2.37. The molecule has 0 aliphatic heterocycles. The molecule has 0 unspecified atom stereocenters. The van der Waals surface area contributed by atoms with Crippen LogP contribution in [0.25, 0.3) is 11.3 Å². The number of carbonyl (C=O) groups is 1. The van der Waals surface area contributed by atoms with Crippen LogP contribution < -0.4 is 5.32 Å². The largest absolute Gasteiger partial charge is 0.349 e. The van der Waals surface area contributed by atoms with Crippen molar-refractivity contribution in [3.63, 3.8) is 0 Å². The Morgan fingerprint density at radius 1 is 1.23 bits per heavy atom. The van der Waals surface area contributed by atoms with Gasteiger partial charge in [-0.3, -0.25) is 9.48 Å². The Bertz CT molecular complexity index is 880. The molecule has 3 aromatic heterocycles. The third-order valence-corrected chi connectivity index (χ3v) is 5.85. The summed E-state index contributed by atoms with van der Waals surface area (Å²) in [5.41, 5.74) is 1.90. The first-order chi connectivity index (χ1) is 12.7. The maximum Gasteiger partial charge on any atom is 0.261 e. The number of rotatable bonds is 4. The van der Waals surface area contributed by atoms with Crippen LogP contribution in [-0.4, -0.2) is 31.7 Å².